The van der Waals surface area contributed by atoms with Gasteiger partial charge in [0.1, 0.15) is 11.6 Å². The summed E-state index contributed by atoms with van der Waals surface area (Å²) in [5.41, 5.74) is 0. The third-order valence-electron chi connectivity index (χ3n) is 5.04. The largest absolute Gasteiger partial charge is 0.484 e. The normalized spacial score (nSPS) is 24.6. The van der Waals surface area contributed by atoms with E-state index in [0.717, 1.165) is 38.8 Å². The Morgan fingerprint density at radius 1 is 1.32 bits per heavy atom. The first-order valence-electron chi connectivity index (χ1n) is 8.68. The number of hydrogen-bond acceptors (Lipinski definition) is 4. The summed E-state index contributed by atoms with van der Waals surface area (Å²) in [5, 5.41) is 16.0. The van der Waals surface area contributed by atoms with Crippen LogP contribution in [0.25, 0.3) is 0 Å². The lowest BCUT2D eigenvalue weighted by molar-refractivity contribution is -0.125. The number of aliphatic hydroxyl groups excluding tert-OH is 1. The smallest absolute Gasteiger partial charge is 0.258 e. The van der Waals surface area contributed by atoms with Crippen molar-refractivity contribution in [3.8, 4) is 5.75 Å². The standard InChI is InChI=1S/C18H25FN2O3.ClH/c19-14-2-1-3-16(10-14)24-11-17(23)21-18(13-8-15(22)9-13)12-4-6-20-7-5-12;/h1-3,10,12-13,15,18,20,22H,4-9,11H2,(H,21,23);1H. The Morgan fingerprint density at radius 2 is 2.04 bits per heavy atom. The molecule has 1 aliphatic heterocycles. The second-order valence-electron chi connectivity index (χ2n) is 6.81. The van der Waals surface area contributed by atoms with Gasteiger partial charge in [-0.25, -0.2) is 4.39 Å². The van der Waals surface area contributed by atoms with Gasteiger partial charge in [0, 0.05) is 12.1 Å². The van der Waals surface area contributed by atoms with Crippen molar-refractivity contribution in [2.75, 3.05) is 19.7 Å². The second-order valence-corrected chi connectivity index (χ2v) is 6.81. The number of carbonyl (C=O) groups is 1. The lowest BCUT2D eigenvalue weighted by Crippen LogP contribution is -2.53. The number of amides is 1. The first-order chi connectivity index (χ1) is 11.6. The molecule has 1 aliphatic carbocycles. The number of rotatable bonds is 6. The molecule has 0 aromatic heterocycles. The molecular formula is C18H26ClFN2O3. The van der Waals surface area contributed by atoms with Crippen molar-refractivity contribution in [1.82, 2.24) is 10.6 Å². The number of piperidine rings is 1. The molecule has 1 unspecified atom stereocenters. The number of benzene rings is 1. The van der Waals surface area contributed by atoms with Gasteiger partial charge in [-0.3, -0.25) is 4.79 Å². The van der Waals surface area contributed by atoms with Crippen LogP contribution >= 0.6 is 12.4 Å². The van der Waals surface area contributed by atoms with E-state index < -0.39 is 0 Å². The fraction of sp³-hybridized carbons (Fsp3) is 0.611. The van der Waals surface area contributed by atoms with Crippen LogP contribution in [-0.2, 0) is 4.79 Å². The highest BCUT2D eigenvalue weighted by atomic mass is 35.5. The van der Waals surface area contributed by atoms with Crippen molar-refractivity contribution in [3.05, 3.63) is 30.1 Å². The average molecular weight is 373 g/mol. The number of ether oxygens (including phenoxy) is 1. The molecule has 7 heteroatoms. The van der Waals surface area contributed by atoms with Crippen molar-refractivity contribution in [3.63, 3.8) is 0 Å². The van der Waals surface area contributed by atoms with Gasteiger partial charge in [0.15, 0.2) is 6.61 Å². The lowest BCUT2D eigenvalue weighted by atomic mass is 9.71. The molecule has 1 saturated heterocycles. The number of hydrogen-bond donors (Lipinski definition) is 3. The SMILES string of the molecule is Cl.O=C(COc1cccc(F)c1)NC(C1CCNCC1)C1CC(O)C1. The minimum Gasteiger partial charge on any atom is -0.484 e. The minimum absolute atomic E-state index is 0. The first-order valence-corrected chi connectivity index (χ1v) is 8.68. The lowest BCUT2D eigenvalue weighted by Gasteiger charge is -2.43. The Bertz CT molecular complexity index is 563. The monoisotopic (exact) mass is 372 g/mol. The Labute approximate surface area is 153 Å². The van der Waals surface area contributed by atoms with E-state index in [9.17, 15) is 14.3 Å². The quantitative estimate of drug-likeness (QED) is 0.713. The number of carbonyl (C=O) groups excluding carboxylic acids is 1. The van der Waals surface area contributed by atoms with Crippen LogP contribution in [0.1, 0.15) is 25.7 Å². The summed E-state index contributed by atoms with van der Waals surface area (Å²) in [6, 6.07) is 5.86. The van der Waals surface area contributed by atoms with Gasteiger partial charge in [-0.15, -0.1) is 12.4 Å². The summed E-state index contributed by atoms with van der Waals surface area (Å²) >= 11 is 0. The van der Waals surface area contributed by atoms with Gasteiger partial charge in [-0.1, -0.05) is 6.07 Å². The molecule has 25 heavy (non-hydrogen) atoms. The molecule has 1 saturated carbocycles. The van der Waals surface area contributed by atoms with Crippen LogP contribution in [-0.4, -0.2) is 42.9 Å². The molecule has 0 spiro atoms. The van der Waals surface area contributed by atoms with Crippen LogP contribution in [0.15, 0.2) is 24.3 Å². The highest BCUT2D eigenvalue weighted by Crippen LogP contribution is 2.35. The maximum absolute atomic E-state index is 13.1. The summed E-state index contributed by atoms with van der Waals surface area (Å²) in [7, 11) is 0. The number of aliphatic hydroxyl groups is 1. The molecule has 5 nitrogen and oxygen atoms in total. The van der Waals surface area contributed by atoms with Crippen molar-refractivity contribution in [1.29, 1.82) is 0 Å². The molecule has 3 rings (SSSR count). The Balaban J connectivity index is 0.00000225. The first kappa shape index (κ1) is 19.9. The van der Waals surface area contributed by atoms with Crippen molar-refractivity contribution < 1.29 is 19.0 Å². The highest BCUT2D eigenvalue weighted by Gasteiger charge is 2.39. The predicted octanol–water partition coefficient (Wildman–Crippen LogP) is 1.88. The minimum atomic E-state index is -0.385. The highest BCUT2D eigenvalue weighted by molar-refractivity contribution is 5.85. The van der Waals surface area contributed by atoms with E-state index in [2.05, 4.69) is 10.6 Å². The molecule has 1 aromatic carbocycles. The zero-order valence-corrected chi connectivity index (χ0v) is 14.9. The molecule has 2 aliphatic rings. The van der Waals surface area contributed by atoms with Crippen LogP contribution in [0.4, 0.5) is 4.39 Å². The molecule has 1 aromatic rings. The summed E-state index contributed by atoms with van der Waals surface area (Å²) in [5.74, 6) is 0.541. The van der Waals surface area contributed by atoms with Crippen molar-refractivity contribution in [2.45, 2.75) is 37.8 Å². The van der Waals surface area contributed by atoms with Gasteiger partial charge in [-0.05, 0) is 62.7 Å². The zero-order chi connectivity index (χ0) is 16.9. The summed E-state index contributed by atoms with van der Waals surface area (Å²) in [4.78, 5) is 12.3. The van der Waals surface area contributed by atoms with Crippen molar-refractivity contribution in [2.24, 2.45) is 11.8 Å². The molecule has 140 valence electrons. The van der Waals surface area contributed by atoms with Crippen LogP contribution in [0.5, 0.6) is 5.75 Å². The third-order valence-corrected chi connectivity index (χ3v) is 5.04. The van der Waals surface area contributed by atoms with Gasteiger partial charge in [0.05, 0.1) is 6.10 Å². The fourth-order valence-electron chi connectivity index (χ4n) is 3.68. The van der Waals surface area contributed by atoms with E-state index >= 15 is 0 Å². The van der Waals surface area contributed by atoms with E-state index in [0.29, 0.717) is 17.6 Å². The molecular weight excluding hydrogens is 347 g/mol. The Kier molecular flexibility index (Phi) is 7.47. The van der Waals surface area contributed by atoms with E-state index in [1.54, 1.807) is 12.1 Å². The summed E-state index contributed by atoms with van der Waals surface area (Å²) in [6.07, 6.45) is 3.32. The number of halogens is 2. The zero-order valence-electron chi connectivity index (χ0n) is 14.1. The van der Waals surface area contributed by atoms with Crippen LogP contribution in [0.2, 0.25) is 0 Å². The van der Waals surface area contributed by atoms with Crippen LogP contribution < -0.4 is 15.4 Å². The third kappa shape index (κ3) is 5.56. The van der Waals surface area contributed by atoms with Gasteiger partial charge in [0.25, 0.3) is 5.91 Å². The maximum Gasteiger partial charge on any atom is 0.258 e. The van der Waals surface area contributed by atoms with E-state index in [1.165, 1.54) is 12.1 Å². The number of nitrogens with one attached hydrogen (secondary N) is 2. The molecule has 1 amide bonds. The average Bonchev–Trinajstić information content (AvgIpc) is 2.56. The Hall–Kier alpha value is -1.37. The van der Waals surface area contributed by atoms with E-state index in [4.69, 9.17) is 4.74 Å². The van der Waals surface area contributed by atoms with E-state index in [-0.39, 0.29) is 42.9 Å². The molecule has 0 bridgehead atoms. The maximum atomic E-state index is 13.1. The Morgan fingerprint density at radius 3 is 2.68 bits per heavy atom. The van der Waals surface area contributed by atoms with E-state index in [1.807, 2.05) is 0 Å². The van der Waals surface area contributed by atoms with Crippen molar-refractivity contribution >= 4 is 18.3 Å². The van der Waals surface area contributed by atoms with Gasteiger partial charge >= 0.3 is 0 Å². The topological polar surface area (TPSA) is 70.6 Å². The summed E-state index contributed by atoms with van der Waals surface area (Å²) in [6.45, 7) is 1.80. The van der Waals surface area contributed by atoms with Gasteiger partial charge in [0.2, 0.25) is 0 Å². The molecule has 1 atom stereocenters. The second kappa shape index (κ2) is 9.36. The summed E-state index contributed by atoms with van der Waals surface area (Å²) < 4.78 is 18.5. The molecule has 0 radical (unpaired) electrons. The van der Waals surface area contributed by atoms with Crippen LogP contribution in [0.3, 0.4) is 0 Å². The molecule has 3 N–H and O–H groups in total. The van der Waals surface area contributed by atoms with Gasteiger partial charge < -0.3 is 20.5 Å². The van der Waals surface area contributed by atoms with Gasteiger partial charge in [-0.2, -0.15) is 0 Å². The fourth-order valence-corrected chi connectivity index (χ4v) is 3.68. The predicted molar refractivity (Wildman–Crippen MR) is 95.4 cm³/mol. The van der Waals surface area contributed by atoms with Crippen LogP contribution in [0, 0.1) is 17.7 Å². The molecule has 2 fully saturated rings. The molecule has 1 heterocycles.